The largest absolute Gasteiger partial charge is 0.480 e. The summed E-state index contributed by atoms with van der Waals surface area (Å²) in [5, 5.41) is 12.2. The summed E-state index contributed by atoms with van der Waals surface area (Å²) in [7, 11) is 0. The lowest BCUT2D eigenvalue weighted by Crippen LogP contribution is -2.48. The first-order chi connectivity index (χ1) is 19.2. The Morgan fingerprint density at radius 2 is 1.60 bits per heavy atom. The minimum absolute atomic E-state index is 0.0588. The van der Waals surface area contributed by atoms with Gasteiger partial charge < -0.3 is 29.4 Å². The average molecular weight is 555 g/mol. The second-order valence-corrected chi connectivity index (χ2v) is 10.7. The van der Waals surface area contributed by atoms with E-state index in [2.05, 4.69) is 36.2 Å². The molecule has 0 aliphatic heterocycles. The number of benzene rings is 2. The molecule has 2 N–H and O–H groups in total. The quantitative estimate of drug-likeness (QED) is 0.220. The molecule has 0 bridgehead atoms. The van der Waals surface area contributed by atoms with Crippen molar-refractivity contribution in [2.24, 2.45) is 0 Å². The van der Waals surface area contributed by atoms with E-state index in [0.29, 0.717) is 33.0 Å². The molecule has 0 saturated carbocycles. The summed E-state index contributed by atoms with van der Waals surface area (Å²) in [6.45, 7) is 12.1. The van der Waals surface area contributed by atoms with Crippen molar-refractivity contribution in [3.8, 4) is 11.1 Å². The molecule has 3 rings (SSSR count). The number of nitrogens with one attached hydrogen (secondary N) is 1. The molecule has 0 aromatic heterocycles. The van der Waals surface area contributed by atoms with Crippen molar-refractivity contribution >= 4 is 12.1 Å². The molecule has 1 atom stereocenters. The standard InChI is InChI=1S/C31H42N2O7/c1-5-14-33(20-29(34)35)19-23(21-38-16-15-37-17-18-40-31(2,3)4)32-30(36)39-22-28-26-12-8-6-10-24(26)25-11-7-9-13-27(25)28/h5-13,23,28H,1,14-22H2,2-4H3,(H,32,36)(H,34,35)/t23-/m1/s1. The van der Waals surface area contributed by atoms with Gasteiger partial charge in [0.15, 0.2) is 0 Å². The van der Waals surface area contributed by atoms with Gasteiger partial charge in [0, 0.05) is 19.0 Å². The van der Waals surface area contributed by atoms with Crippen LogP contribution in [0.2, 0.25) is 0 Å². The molecule has 0 heterocycles. The van der Waals surface area contributed by atoms with Crippen LogP contribution in [0, 0.1) is 0 Å². The molecule has 0 fully saturated rings. The van der Waals surface area contributed by atoms with Crippen LogP contribution in [0.25, 0.3) is 11.1 Å². The first-order valence-corrected chi connectivity index (χ1v) is 13.6. The summed E-state index contributed by atoms with van der Waals surface area (Å²) in [5.41, 5.74) is 4.34. The number of nitrogens with zero attached hydrogens (tertiary/aromatic N) is 1. The van der Waals surface area contributed by atoms with Gasteiger partial charge in [-0.1, -0.05) is 54.6 Å². The fraction of sp³-hybridized carbons (Fsp3) is 0.484. The number of carboxylic acids is 1. The number of carbonyl (C=O) groups is 2. The highest BCUT2D eigenvalue weighted by atomic mass is 16.6. The molecule has 9 heteroatoms. The Hall–Kier alpha value is -3.24. The Kier molecular flexibility index (Phi) is 12.1. The molecular weight excluding hydrogens is 512 g/mol. The number of rotatable bonds is 17. The molecular formula is C31H42N2O7. The Bertz CT molecular complexity index is 1070. The fourth-order valence-electron chi connectivity index (χ4n) is 4.69. The Morgan fingerprint density at radius 1 is 1.00 bits per heavy atom. The van der Waals surface area contributed by atoms with E-state index >= 15 is 0 Å². The van der Waals surface area contributed by atoms with E-state index in [-0.39, 0.29) is 37.8 Å². The van der Waals surface area contributed by atoms with Crippen LogP contribution < -0.4 is 5.32 Å². The molecule has 0 unspecified atom stereocenters. The lowest BCUT2D eigenvalue weighted by atomic mass is 9.98. The van der Waals surface area contributed by atoms with Crippen molar-refractivity contribution in [2.45, 2.75) is 38.3 Å². The number of aliphatic carboxylic acids is 1. The molecule has 1 amide bonds. The smallest absolute Gasteiger partial charge is 0.407 e. The van der Waals surface area contributed by atoms with Crippen LogP contribution in [0.1, 0.15) is 37.8 Å². The molecule has 40 heavy (non-hydrogen) atoms. The van der Waals surface area contributed by atoms with Crippen molar-refractivity contribution in [1.29, 1.82) is 0 Å². The first kappa shape index (κ1) is 31.3. The molecule has 0 radical (unpaired) electrons. The molecule has 2 aromatic carbocycles. The molecule has 1 aliphatic rings. The van der Waals surface area contributed by atoms with Gasteiger partial charge in [0.25, 0.3) is 0 Å². The van der Waals surface area contributed by atoms with Crippen LogP contribution >= 0.6 is 0 Å². The fourth-order valence-corrected chi connectivity index (χ4v) is 4.69. The second kappa shape index (κ2) is 15.5. The van der Waals surface area contributed by atoms with Crippen LogP contribution in [0.15, 0.2) is 61.2 Å². The lowest BCUT2D eigenvalue weighted by Gasteiger charge is -2.26. The van der Waals surface area contributed by atoms with Crippen LogP contribution in [0.4, 0.5) is 4.79 Å². The zero-order chi connectivity index (χ0) is 29.0. The summed E-state index contributed by atoms with van der Waals surface area (Å²) in [5.74, 6) is -1.02. The highest BCUT2D eigenvalue weighted by Gasteiger charge is 2.29. The van der Waals surface area contributed by atoms with E-state index in [1.165, 1.54) is 0 Å². The van der Waals surface area contributed by atoms with Crippen molar-refractivity contribution in [2.75, 3.05) is 59.3 Å². The van der Waals surface area contributed by atoms with E-state index in [9.17, 15) is 14.7 Å². The highest BCUT2D eigenvalue weighted by molar-refractivity contribution is 5.79. The van der Waals surface area contributed by atoms with E-state index in [1.807, 2.05) is 45.0 Å². The highest BCUT2D eigenvalue weighted by Crippen LogP contribution is 2.44. The Morgan fingerprint density at radius 3 is 2.20 bits per heavy atom. The second-order valence-electron chi connectivity index (χ2n) is 10.7. The van der Waals surface area contributed by atoms with Crippen molar-refractivity contribution in [3.05, 3.63) is 72.3 Å². The van der Waals surface area contributed by atoms with Gasteiger partial charge in [0.05, 0.1) is 51.2 Å². The third kappa shape index (κ3) is 10.1. The molecule has 9 nitrogen and oxygen atoms in total. The minimum Gasteiger partial charge on any atom is -0.480 e. The van der Waals surface area contributed by atoms with Crippen LogP contribution in [0.5, 0.6) is 0 Å². The molecule has 2 aromatic rings. The van der Waals surface area contributed by atoms with Gasteiger partial charge in [-0.2, -0.15) is 0 Å². The summed E-state index contributed by atoms with van der Waals surface area (Å²) < 4.78 is 22.6. The van der Waals surface area contributed by atoms with Crippen LogP contribution in [-0.4, -0.2) is 93.0 Å². The zero-order valence-corrected chi connectivity index (χ0v) is 23.8. The SMILES string of the molecule is C=CCN(CC(=O)O)C[C@H](COCCOCCOC(C)(C)C)NC(=O)OCC1c2ccccc2-c2ccccc21. The van der Waals surface area contributed by atoms with E-state index in [0.717, 1.165) is 22.3 Å². The number of hydrogen-bond acceptors (Lipinski definition) is 7. The van der Waals surface area contributed by atoms with Gasteiger partial charge in [-0.3, -0.25) is 9.69 Å². The number of ether oxygens (including phenoxy) is 4. The average Bonchev–Trinajstić information content (AvgIpc) is 3.21. The zero-order valence-electron chi connectivity index (χ0n) is 23.8. The number of carboxylic acid groups (broad SMARTS) is 1. The number of carbonyl (C=O) groups excluding carboxylic acids is 1. The Labute approximate surface area is 237 Å². The minimum atomic E-state index is -0.964. The topological polar surface area (TPSA) is 107 Å². The van der Waals surface area contributed by atoms with E-state index in [1.54, 1.807) is 11.0 Å². The summed E-state index contributed by atoms with van der Waals surface area (Å²) in [6.07, 6.45) is 1.04. The maximum absolute atomic E-state index is 12.9. The molecule has 0 saturated heterocycles. The maximum atomic E-state index is 12.9. The van der Waals surface area contributed by atoms with Gasteiger partial charge in [-0.05, 0) is 43.0 Å². The lowest BCUT2D eigenvalue weighted by molar-refractivity contribution is -0.138. The summed E-state index contributed by atoms with van der Waals surface area (Å²) in [6, 6.07) is 15.8. The molecule has 1 aliphatic carbocycles. The van der Waals surface area contributed by atoms with Gasteiger partial charge >= 0.3 is 12.1 Å². The Balaban J connectivity index is 1.54. The van der Waals surface area contributed by atoms with Crippen LogP contribution in [0.3, 0.4) is 0 Å². The summed E-state index contributed by atoms with van der Waals surface area (Å²) in [4.78, 5) is 25.9. The maximum Gasteiger partial charge on any atom is 0.407 e. The number of alkyl carbamates (subject to hydrolysis) is 1. The normalized spacial score (nSPS) is 13.5. The van der Waals surface area contributed by atoms with Crippen molar-refractivity contribution in [1.82, 2.24) is 10.2 Å². The summed E-state index contributed by atoms with van der Waals surface area (Å²) >= 11 is 0. The van der Waals surface area contributed by atoms with Crippen molar-refractivity contribution in [3.63, 3.8) is 0 Å². The van der Waals surface area contributed by atoms with Gasteiger partial charge in [0.1, 0.15) is 6.61 Å². The van der Waals surface area contributed by atoms with Crippen LogP contribution in [-0.2, 0) is 23.7 Å². The van der Waals surface area contributed by atoms with Gasteiger partial charge in [0.2, 0.25) is 0 Å². The van der Waals surface area contributed by atoms with Gasteiger partial charge in [-0.15, -0.1) is 6.58 Å². The van der Waals surface area contributed by atoms with E-state index in [4.69, 9.17) is 18.9 Å². The number of amides is 1. The van der Waals surface area contributed by atoms with Gasteiger partial charge in [-0.25, -0.2) is 4.79 Å². The monoisotopic (exact) mass is 554 g/mol. The molecule has 0 spiro atoms. The third-order valence-electron chi connectivity index (χ3n) is 6.34. The molecule has 218 valence electrons. The van der Waals surface area contributed by atoms with E-state index < -0.39 is 18.1 Å². The predicted octanol–water partition coefficient (Wildman–Crippen LogP) is 4.31. The third-order valence-corrected chi connectivity index (χ3v) is 6.34. The number of hydrogen-bond donors (Lipinski definition) is 2. The number of fused-ring (bicyclic) bond motifs is 3. The van der Waals surface area contributed by atoms with Crippen molar-refractivity contribution < 1.29 is 33.6 Å². The predicted molar refractivity (Wildman–Crippen MR) is 154 cm³/mol. The first-order valence-electron chi connectivity index (χ1n) is 13.6.